The summed E-state index contributed by atoms with van der Waals surface area (Å²) in [6, 6.07) is 6.42. The van der Waals surface area contributed by atoms with Crippen molar-refractivity contribution < 1.29 is 4.79 Å². The first kappa shape index (κ1) is 17.6. The van der Waals surface area contributed by atoms with Crippen LogP contribution in [-0.2, 0) is 4.79 Å². The fourth-order valence-corrected chi connectivity index (χ4v) is 3.17. The predicted octanol–water partition coefficient (Wildman–Crippen LogP) is 3.51. The summed E-state index contributed by atoms with van der Waals surface area (Å²) in [5, 5.41) is 3.31. The molecule has 0 aromatic heterocycles. The zero-order valence-electron chi connectivity index (χ0n) is 15.1. The van der Waals surface area contributed by atoms with Gasteiger partial charge >= 0.3 is 0 Å². The monoisotopic (exact) mass is 317 g/mol. The quantitative estimate of drug-likeness (QED) is 0.872. The second-order valence-corrected chi connectivity index (χ2v) is 6.59. The second kappa shape index (κ2) is 8.23. The minimum atomic E-state index is 0.212. The Balaban J connectivity index is 1.91. The number of likely N-dealkylation sites (tertiary alicyclic amines) is 1. The summed E-state index contributed by atoms with van der Waals surface area (Å²) in [4.78, 5) is 16.6. The van der Waals surface area contributed by atoms with Crippen LogP contribution in [0.2, 0.25) is 0 Å². The molecule has 4 nitrogen and oxygen atoms in total. The molecule has 0 spiro atoms. The average Bonchev–Trinajstić information content (AvgIpc) is 2.55. The van der Waals surface area contributed by atoms with Crippen LogP contribution in [0.15, 0.2) is 18.2 Å². The Morgan fingerprint density at radius 1 is 1.26 bits per heavy atom. The molecule has 0 atom stereocenters. The average molecular weight is 317 g/mol. The van der Waals surface area contributed by atoms with E-state index >= 15 is 0 Å². The first-order valence-electron chi connectivity index (χ1n) is 8.92. The number of amides is 1. The van der Waals surface area contributed by atoms with E-state index in [2.05, 4.69) is 56.1 Å². The number of anilines is 2. The van der Waals surface area contributed by atoms with Crippen LogP contribution in [0.25, 0.3) is 0 Å². The van der Waals surface area contributed by atoms with Gasteiger partial charge in [-0.1, -0.05) is 6.92 Å². The Labute approximate surface area is 140 Å². The van der Waals surface area contributed by atoms with Crippen molar-refractivity contribution in [2.45, 2.75) is 40.5 Å². The third kappa shape index (κ3) is 4.63. The van der Waals surface area contributed by atoms with Crippen molar-refractivity contribution in [3.8, 4) is 0 Å². The summed E-state index contributed by atoms with van der Waals surface area (Å²) in [5.41, 5.74) is 3.49. The lowest BCUT2D eigenvalue weighted by atomic mass is 9.99. The van der Waals surface area contributed by atoms with Gasteiger partial charge in [0.25, 0.3) is 0 Å². The molecule has 1 amide bonds. The Morgan fingerprint density at radius 2 is 1.91 bits per heavy atom. The molecule has 1 heterocycles. The molecule has 0 radical (unpaired) electrons. The van der Waals surface area contributed by atoms with Gasteiger partial charge in [0.05, 0.1) is 6.54 Å². The molecule has 0 aliphatic carbocycles. The van der Waals surface area contributed by atoms with Gasteiger partial charge in [-0.05, 0) is 63.3 Å². The summed E-state index contributed by atoms with van der Waals surface area (Å²) in [5.74, 6) is 0.964. The highest BCUT2D eigenvalue weighted by molar-refractivity contribution is 5.81. The molecule has 1 aliphatic rings. The fourth-order valence-electron chi connectivity index (χ4n) is 3.17. The first-order chi connectivity index (χ1) is 11.0. The van der Waals surface area contributed by atoms with Crippen LogP contribution in [0.3, 0.4) is 0 Å². The molecule has 23 heavy (non-hydrogen) atoms. The lowest BCUT2D eigenvalue weighted by Crippen LogP contribution is -2.40. The fraction of sp³-hybridized carbons (Fsp3) is 0.632. The third-order valence-electron chi connectivity index (χ3n) is 4.90. The van der Waals surface area contributed by atoms with E-state index in [9.17, 15) is 4.79 Å². The number of piperidine rings is 1. The number of hydrogen-bond acceptors (Lipinski definition) is 3. The van der Waals surface area contributed by atoms with Gasteiger partial charge in [-0.25, -0.2) is 0 Å². The molecule has 1 N–H and O–H groups in total. The van der Waals surface area contributed by atoms with Crippen LogP contribution in [0.5, 0.6) is 0 Å². The largest absolute Gasteiger partial charge is 0.376 e. The number of hydrogen-bond donors (Lipinski definition) is 1. The number of rotatable bonds is 6. The lowest BCUT2D eigenvalue weighted by molar-refractivity contribution is -0.130. The maximum absolute atomic E-state index is 12.3. The van der Waals surface area contributed by atoms with Crippen LogP contribution in [-0.4, -0.2) is 43.5 Å². The van der Waals surface area contributed by atoms with Crippen molar-refractivity contribution in [3.63, 3.8) is 0 Å². The van der Waals surface area contributed by atoms with Gasteiger partial charge in [-0.3, -0.25) is 4.79 Å². The maximum Gasteiger partial charge on any atom is 0.241 e. The highest BCUT2D eigenvalue weighted by Crippen LogP contribution is 2.23. The Hall–Kier alpha value is -1.71. The van der Waals surface area contributed by atoms with E-state index in [1.165, 1.54) is 11.3 Å². The zero-order valence-corrected chi connectivity index (χ0v) is 15.1. The van der Waals surface area contributed by atoms with E-state index in [0.717, 1.165) is 50.6 Å². The number of nitrogens with zero attached hydrogens (tertiary/aromatic N) is 2. The van der Waals surface area contributed by atoms with Gasteiger partial charge in [-0.15, -0.1) is 0 Å². The molecule has 1 aromatic carbocycles. The van der Waals surface area contributed by atoms with Crippen molar-refractivity contribution in [1.29, 1.82) is 0 Å². The van der Waals surface area contributed by atoms with E-state index in [0.29, 0.717) is 6.54 Å². The first-order valence-corrected chi connectivity index (χ1v) is 8.92. The molecule has 1 aliphatic heterocycles. The molecule has 2 rings (SSSR count). The molecular weight excluding hydrogens is 286 g/mol. The number of carbonyl (C=O) groups excluding carboxylic acids is 1. The molecule has 4 heteroatoms. The molecule has 1 saturated heterocycles. The number of benzene rings is 1. The highest BCUT2D eigenvalue weighted by atomic mass is 16.2. The van der Waals surface area contributed by atoms with Crippen LogP contribution >= 0.6 is 0 Å². The topological polar surface area (TPSA) is 35.6 Å². The molecular formula is C19H31N3O. The summed E-state index contributed by atoms with van der Waals surface area (Å²) >= 11 is 0. The van der Waals surface area contributed by atoms with E-state index < -0.39 is 0 Å². The standard InChI is InChI=1S/C19H31N3O/c1-5-21(6-2)17-7-8-18(16(4)13-17)20-14-19(23)22-11-9-15(3)10-12-22/h7-8,13,15,20H,5-6,9-12,14H2,1-4H3. The number of nitrogens with one attached hydrogen (secondary N) is 1. The number of aryl methyl sites for hydroxylation is 1. The van der Waals surface area contributed by atoms with Crippen LogP contribution in [0.1, 0.15) is 39.2 Å². The third-order valence-corrected chi connectivity index (χ3v) is 4.90. The van der Waals surface area contributed by atoms with E-state index in [-0.39, 0.29) is 5.91 Å². The Morgan fingerprint density at radius 3 is 2.48 bits per heavy atom. The molecule has 0 saturated carbocycles. The Bertz CT molecular complexity index is 517. The van der Waals surface area contributed by atoms with E-state index in [1.54, 1.807) is 0 Å². The van der Waals surface area contributed by atoms with Gasteiger partial charge in [0.15, 0.2) is 0 Å². The normalized spacial score (nSPS) is 15.6. The van der Waals surface area contributed by atoms with Crippen molar-refractivity contribution in [1.82, 2.24) is 4.90 Å². The van der Waals surface area contributed by atoms with Crippen LogP contribution in [0.4, 0.5) is 11.4 Å². The maximum atomic E-state index is 12.3. The Kier molecular flexibility index (Phi) is 6.31. The van der Waals surface area contributed by atoms with Gasteiger partial charge in [-0.2, -0.15) is 0 Å². The lowest BCUT2D eigenvalue weighted by Gasteiger charge is -2.30. The predicted molar refractivity (Wildman–Crippen MR) is 98.2 cm³/mol. The van der Waals surface area contributed by atoms with Gasteiger partial charge < -0.3 is 15.1 Å². The summed E-state index contributed by atoms with van der Waals surface area (Å²) < 4.78 is 0. The summed E-state index contributed by atoms with van der Waals surface area (Å²) in [6.07, 6.45) is 2.26. The van der Waals surface area contributed by atoms with Gasteiger partial charge in [0.1, 0.15) is 0 Å². The second-order valence-electron chi connectivity index (χ2n) is 6.59. The highest BCUT2D eigenvalue weighted by Gasteiger charge is 2.19. The van der Waals surface area contributed by atoms with Gasteiger partial charge in [0.2, 0.25) is 5.91 Å². The van der Waals surface area contributed by atoms with E-state index in [4.69, 9.17) is 0 Å². The smallest absolute Gasteiger partial charge is 0.241 e. The molecule has 1 aromatic rings. The minimum Gasteiger partial charge on any atom is -0.376 e. The van der Waals surface area contributed by atoms with Crippen molar-refractivity contribution in [2.75, 3.05) is 42.9 Å². The molecule has 0 unspecified atom stereocenters. The molecule has 128 valence electrons. The summed E-state index contributed by atoms with van der Waals surface area (Å²) in [7, 11) is 0. The molecule has 1 fully saturated rings. The zero-order chi connectivity index (χ0) is 16.8. The number of carbonyl (C=O) groups is 1. The van der Waals surface area contributed by atoms with Crippen molar-refractivity contribution in [3.05, 3.63) is 23.8 Å². The minimum absolute atomic E-state index is 0.212. The SMILES string of the molecule is CCN(CC)c1ccc(NCC(=O)N2CCC(C)CC2)c(C)c1. The van der Waals surface area contributed by atoms with Crippen LogP contribution in [0, 0.1) is 12.8 Å². The van der Waals surface area contributed by atoms with Gasteiger partial charge in [0, 0.05) is 37.6 Å². The van der Waals surface area contributed by atoms with E-state index in [1.807, 2.05) is 4.90 Å². The molecule has 0 bridgehead atoms. The summed E-state index contributed by atoms with van der Waals surface area (Å²) in [6.45, 7) is 12.9. The van der Waals surface area contributed by atoms with Crippen molar-refractivity contribution in [2.24, 2.45) is 5.92 Å². The van der Waals surface area contributed by atoms with Crippen molar-refractivity contribution >= 4 is 17.3 Å². The van der Waals surface area contributed by atoms with Crippen LogP contribution < -0.4 is 10.2 Å².